The zero-order chi connectivity index (χ0) is 19.1. The molecule has 1 atom stereocenters. The number of benzene rings is 1. The van der Waals surface area contributed by atoms with Crippen LogP contribution in [0.3, 0.4) is 0 Å². The van der Waals surface area contributed by atoms with Gasteiger partial charge in [0.2, 0.25) is 0 Å². The van der Waals surface area contributed by atoms with Crippen molar-refractivity contribution in [2.24, 2.45) is 0 Å². The van der Waals surface area contributed by atoms with Gasteiger partial charge in [0, 0.05) is 17.3 Å². The Morgan fingerprint density at radius 3 is 2.62 bits per heavy atom. The second-order valence-electron chi connectivity index (χ2n) is 5.98. The number of aliphatic carboxylic acids is 1. The van der Waals surface area contributed by atoms with Gasteiger partial charge in [0.1, 0.15) is 6.04 Å². The van der Waals surface area contributed by atoms with Crippen molar-refractivity contribution in [1.82, 2.24) is 9.88 Å². The van der Waals surface area contributed by atoms with Crippen LogP contribution in [0.4, 0.5) is 0 Å². The second kappa shape index (κ2) is 9.20. The maximum absolute atomic E-state index is 12.4. The lowest BCUT2D eigenvalue weighted by Gasteiger charge is -2.15. The van der Waals surface area contributed by atoms with Crippen LogP contribution in [0, 0.1) is 0 Å². The van der Waals surface area contributed by atoms with Gasteiger partial charge in [-0.3, -0.25) is 9.59 Å². The Balaban J connectivity index is 2.20. The van der Waals surface area contributed by atoms with Crippen molar-refractivity contribution < 1.29 is 14.7 Å². The topological polar surface area (TPSA) is 88.4 Å². The van der Waals surface area contributed by atoms with E-state index in [1.54, 1.807) is 18.2 Å². The van der Waals surface area contributed by atoms with Gasteiger partial charge in [0.25, 0.3) is 11.5 Å². The average Bonchev–Trinajstić information content (AvgIpc) is 2.61. The molecule has 138 valence electrons. The Bertz CT molecular complexity index is 847. The molecule has 6 nitrogen and oxygen atoms in total. The monoisotopic (exact) mass is 376 g/mol. The summed E-state index contributed by atoms with van der Waals surface area (Å²) in [4.78, 5) is 35.8. The summed E-state index contributed by atoms with van der Waals surface area (Å²) in [5, 5.41) is 12.3. The molecule has 0 fully saturated rings. The van der Waals surface area contributed by atoms with E-state index in [0.29, 0.717) is 17.9 Å². The quantitative estimate of drug-likeness (QED) is 0.741. The molecule has 7 heteroatoms. The molecule has 2 rings (SSSR count). The Morgan fingerprint density at radius 1 is 1.23 bits per heavy atom. The smallest absolute Gasteiger partial charge is 0.326 e. The lowest BCUT2D eigenvalue weighted by atomic mass is 10.1. The maximum atomic E-state index is 12.4. The number of carbonyl (C=O) groups is 2. The number of rotatable bonds is 8. The molecule has 1 aromatic heterocycles. The van der Waals surface area contributed by atoms with Crippen molar-refractivity contribution in [2.45, 2.75) is 38.8 Å². The van der Waals surface area contributed by atoms with Crippen molar-refractivity contribution in [1.29, 1.82) is 0 Å². The van der Waals surface area contributed by atoms with E-state index in [0.717, 1.165) is 12.0 Å². The van der Waals surface area contributed by atoms with Crippen LogP contribution in [0.1, 0.15) is 42.1 Å². The van der Waals surface area contributed by atoms with Crippen molar-refractivity contribution in [3.63, 3.8) is 0 Å². The molecule has 0 unspecified atom stereocenters. The lowest BCUT2D eigenvalue weighted by molar-refractivity contribution is -0.139. The van der Waals surface area contributed by atoms with Crippen molar-refractivity contribution >= 4 is 23.5 Å². The van der Waals surface area contributed by atoms with Gasteiger partial charge in [-0.25, -0.2) is 4.79 Å². The number of hydrogen-bond donors (Lipinski definition) is 2. The number of aromatic nitrogens is 1. The molecular weight excluding hydrogens is 356 g/mol. The molecule has 0 radical (unpaired) electrons. The molecule has 2 aromatic rings. The summed E-state index contributed by atoms with van der Waals surface area (Å²) in [6.07, 6.45) is 3.31. The van der Waals surface area contributed by atoms with Crippen LogP contribution in [0.15, 0.2) is 47.4 Å². The van der Waals surface area contributed by atoms with Gasteiger partial charge in [-0.15, -0.1) is 0 Å². The van der Waals surface area contributed by atoms with Crippen LogP contribution >= 0.6 is 11.6 Å². The Labute approximate surface area is 156 Å². The zero-order valence-corrected chi connectivity index (χ0v) is 15.2. The van der Waals surface area contributed by atoms with E-state index in [9.17, 15) is 19.5 Å². The molecule has 1 heterocycles. The highest BCUT2D eigenvalue weighted by Gasteiger charge is 2.20. The Morgan fingerprint density at radius 2 is 1.96 bits per heavy atom. The number of nitrogens with zero attached hydrogens (tertiary/aromatic N) is 1. The molecule has 1 amide bonds. The second-order valence-corrected chi connectivity index (χ2v) is 6.39. The number of carbonyl (C=O) groups excluding carboxylic acids is 1. The first-order valence-electron chi connectivity index (χ1n) is 8.40. The van der Waals surface area contributed by atoms with Gasteiger partial charge in [0.15, 0.2) is 0 Å². The first-order valence-corrected chi connectivity index (χ1v) is 8.77. The summed E-state index contributed by atoms with van der Waals surface area (Å²) < 4.78 is 1.37. The molecular formula is C19H21ClN2O4. The molecule has 0 saturated heterocycles. The summed E-state index contributed by atoms with van der Waals surface area (Å²) in [5.41, 5.74) is 0.696. The minimum Gasteiger partial charge on any atom is -0.480 e. The number of carboxylic acid groups (broad SMARTS) is 1. The summed E-state index contributed by atoms with van der Waals surface area (Å²) in [6.45, 7) is 2.17. The van der Waals surface area contributed by atoms with Gasteiger partial charge in [-0.05, 0) is 24.1 Å². The van der Waals surface area contributed by atoms with Crippen LogP contribution in [0.5, 0.6) is 0 Å². The number of unbranched alkanes of at least 4 members (excludes halogenated alkanes) is 1. The zero-order valence-electron chi connectivity index (χ0n) is 14.4. The fraction of sp³-hybridized carbons (Fsp3) is 0.316. The fourth-order valence-corrected chi connectivity index (χ4v) is 2.70. The van der Waals surface area contributed by atoms with E-state index in [4.69, 9.17) is 11.6 Å². The van der Waals surface area contributed by atoms with Crippen LogP contribution in [-0.2, 0) is 11.3 Å². The van der Waals surface area contributed by atoms with Crippen LogP contribution in [-0.4, -0.2) is 27.6 Å². The molecule has 0 saturated carbocycles. The van der Waals surface area contributed by atoms with Gasteiger partial charge >= 0.3 is 5.97 Å². The molecule has 0 aliphatic heterocycles. The molecule has 26 heavy (non-hydrogen) atoms. The number of halogens is 1. The molecule has 0 bridgehead atoms. The third kappa shape index (κ3) is 5.20. The van der Waals surface area contributed by atoms with Crippen molar-refractivity contribution in [2.75, 3.05) is 0 Å². The van der Waals surface area contributed by atoms with E-state index in [2.05, 4.69) is 5.32 Å². The summed E-state index contributed by atoms with van der Waals surface area (Å²) in [7, 11) is 0. The first-order chi connectivity index (χ1) is 12.4. The number of carboxylic acids is 1. The molecule has 1 aromatic carbocycles. The highest BCUT2D eigenvalue weighted by Crippen LogP contribution is 2.15. The number of hydrogen-bond acceptors (Lipinski definition) is 3. The third-order valence-electron chi connectivity index (χ3n) is 3.99. The van der Waals surface area contributed by atoms with E-state index < -0.39 is 17.9 Å². The highest BCUT2D eigenvalue weighted by molar-refractivity contribution is 6.31. The number of amides is 1. The predicted octanol–water partition coefficient (Wildman–Crippen LogP) is 2.92. The molecule has 0 aliphatic carbocycles. The number of pyridine rings is 1. The van der Waals surface area contributed by atoms with E-state index in [-0.39, 0.29) is 17.7 Å². The summed E-state index contributed by atoms with van der Waals surface area (Å²) in [5.74, 6) is -1.60. The minimum atomic E-state index is -1.07. The van der Waals surface area contributed by atoms with E-state index in [1.165, 1.54) is 22.9 Å². The molecule has 0 spiro atoms. The highest BCUT2D eigenvalue weighted by atomic mass is 35.5. The first kappa shape index (κ1) is 19.7. The fourth-order valence-electron chi connectivity index (χ4n) is 2.51. The van der Waals surface area contributed by atoms with E-state index in [1.807, 2.05) is 13.0 Å². The average molecular weight is 377 g/mol. The third-order valence-corrected chi connectivity index (χ3v) is 4.36. The van der Waals surface area contributed by atoms with Crippen molar-refractivity contribution in [3.8, 4) is 0 Å². The summed E-state index contributed by atoms with van der Waals surface area (Å²) in [6, 6.07) is 8.85. The van der Waals surface area contributed by atoms with E-state index >= 15 is 0 Å². The largest absolute Gasteiger partial charge is 0.480 e. The van der Waals surface area contributed by atoms with Gasteiger partial charge in [-0.1, -0.05) is 49.6 Å². The Hall–Kier alpha value is -2.60. The standard InChI is InChI=1S/C19H21ClN2O4/c1-2-3-8-16(19(25)26)21-18(24)14-9-10-17(23)22(12-14)11-13-6-4-5-7-15(13)20/h4-7,9-10,12,16H,2-3,8,11H2,1H3,(H,21,24)(H,25,26)/t16-/m0/s1. The Kier molecular flexibility index (Phi) is 6.97. The van der Waals surface area contributed by atoms with Crippen LogP contribution < -0.4 is 10.9 Å². The lowest BCUT2D eigenvalue weighted by Crippen LogP contribution is -2.41. The SMILES string of the molecule is CCCC[C@H](NC(=O)c1ccc(=O)n(Cc2ccccc2Cl)c1)C(=O)O. The summed E-state index contributed by atoms with van der Waals surface area (Å²) >= 11 is 6.12. The molecule has 0 aliphatic rings. The minimum absolute atomic E-state index is 0.220. The predicted molar refractivity (Wildman–Crippen MR) is 99.7 cm³/mol. The molecule has 2 N–H and O–H groups in total. The van der Waals surface area contributed by atoms with Crippen molar-refractivity contribution in [3.05, 3.63) is 69.1 Å². The maximum Gasteiger partial charge on any atom is 0.326 e. The van der Waals surface area contributed by atoms with Gasteiger partial charge < -0.3 is 15.0 Å². The van der Waals surface area contributed by atoms with Gasteiger partial charge in [0.05, 0.1) is 12.1 Å². The van der Waals surface area contributed by atoms with Crippen LogP contribution in [0.2, 0.25) is 5.02 Å². The number of nitrogens with one attached hydrogen (secondary N) is 1. The van der Waals surface area contributed by atoms with Gasteiger partial charge in [-0.2, -0.15) is 0 Å². The normalized spacial score (nSPS) is 11.8. The van der Waals surface area contributed by atoms with Crippen LogP contribution in [0.25, 0.3) is 0 Å².